The van der Waals surface area contributed by atoms with Gasteiger partial charge in [0.05, 0.1) is 12.8 Å². The highest BCUT2D eigenvalue weighted by Gasteiger charge is 2.33. The predicted octanol–water partition coefficient (Wildman–Crippen LogP) is 2.22. The van der Waals surface area contributed by atoms with Crippen LogP contribution in [0.2, 0.25) is 0 Å². The SMILES string of the molecule is COc1ccc(-n2nc(C#N)c3c2C(=O)N(c2ccc(/C=N/S(=O)(=O)CN(C)C)cc2)CC3)cc1. The second-order valence-electron chi connectivity index (χ2n) is 8.22. The van der Waals surface area contributed by atoms with Gasteiger partial charge in [-0.25, -0.2) is 13.1 Å². The molecule has 1 amide bonds. The molecule has 10 nitrogen and oxygen atoms in total. The van der Waals surface area contributed by atoms with E-state index in [-0.39, 0.29) is 17.5 Å². The van der Waals surface area contributed by atoms with Crippen LogP contribution in [0.15, 0.2) is 52.9 Å². The number of anilines is 1. The van der Waals surface area contributed by atoms with Gasteiger partial charge >= 0.3 is 0 Å². The summed E-state index contributed by atoms with van der Waals surface area (Å²) >= 11 is 0. The molecular weight excluding hydrogens is 468 g/mol. The lowest BCUT2D eigenvalue weighted by molar-refractivity contribution is 0.0973. The number of sulfonamides is 1. The molecule has 0 aliphatic carbocycles. The van der Waals surface area contributed by atoms with Crippen LogP contribution in [-0.4, -0.2) is 68.8 Å². The fourth-order valence-electron chi connectivity index (χ4n) is 3.85. The van der Waals surface area contributed by atoms with Crippen molar-refractivity contribution in [1.29, 1.82) is 5.26 Å². The average Bonchev–Trinajstić information content (AvgIpc) is 3.22. The Morgan fingerprint density at radius 2 is 1.80 bits per heavy atom. The van der Waals surface area contributed by atoms with E-state index < -0.39 is 10.0 Å². The van der Waals surface area contributed by atoms with Crippen LogP contribution in [0.1, 0.15) is 27.3 Å². The Labute approximate surface area is 203 Å². The van der Waals surface area contributed by atoms with Gasteiger partial charge in [-0.05, 0) is 62.5 Å². The largest absolute Gasteiger partial charge is 0.497 e. The van der Waals surface area contributed by atoms with Gasteiger partial charge < -0.3 is 9.64 Å². The molecule has 0 bridgehead atoms. The molecule has 3 aromatic rings. The number of ether oxygens (including phenoxy) is 1. The molecule has 1 aromatic heterocycles. The molecule has 2 heterocycles. The van der Waals surface area contributed by atoms with Crippen molar-refractivity contribution < 1.29 is 17.9 Å². The minimum Gasteiger partial charge on any atom is -0.497 e. The first-order chi connectivity index (χ1) is 16.7. The third kappa shape index (κ3) is 5.08. The molecule has 0 spiro atoms. The first kappa shape index (κ1) is 24.1. The predicted molar refractivity (Wildman–Crippen MR) is 132 cm³/mol. The van der Waals surface area contributed by atoms with Gasteiger partial charge in [0.2, 0.25) is 0 Å². The van der Waals surface area contributed by atoms with Crippen LogP contribution in [0.25, 0.3) is 5.69 Å². The highest BCUT2D eigenvalue weighted by Crippen LogP contribution is 2.29. The summed E-state index contributed by atoms with van der Waals surface area (Å²) in [6.07, 6.45) is 1.77. The van der Waals surface area contributed by atoms with E-state index in [4.69, 9.17) is 4.74 Å². The molecule has 0 atom stereocenters. The van der Waals surface area contributed by atoms with E-state index in [0.717, 1.165) is 0 Å². The Morgan fingerprint density at radius 1 is 1.14 bits per heavy atom. The first-order valence-corrected chi connectivity index (χ1v) is 12.3. The van der Waals surface area contributed by atoms with Gasteiger partial charge in [-0.3, -0.25) is 9.69 Å². The van der Waals surface area contributed by atoms with E-state index in [1.165, 1.54) is 15.8 Å². The maximum Gasteiger partial charge on any atom is 0.277 e. The molecule has 2 aromatic carbocycles. The molecule has 0 fully saturated rings. The van der Waals surface area contributed by atoms with Crippen LogP contribution >= 0.6 is 0 Å². The summed E-state index contributed by atoms with van der Waals surface area (Å²) < 4.78 is 34.3. The molecule has 0 saturated heterocycles. The van der Waals surface area contributed by atoms with Gasteiger partial charge in [-0.15, -0.1) is 0 Å². The fraction of sp³-hybridized carbons (Fsp3) is 0.250. The van der Waals surface area contributed by atoms with Crippen LogP contribution in [0.5, 0.6) is 5.75 Å². The number of carbonyl (C=O) groups is 1. The van der Waals surface area contributed by atoms with E-state index in [9.17, 15) is 18.5 Å². The monoisotopic (exact) mass is 492 g/mol. The van der Waals surface area contributed by atoms with Gasteiger partial charge in [0, 0.05) is 24.0 Å². The van der Waals surface area contributed by atoms with E-state index in [1.807, 2.05) is 0 Å². The number of benzene rings is 2. The van der Waals surface area contributed by atoms with Gasteiger partial charge in [0.15, 0.2) is 5.69 Å². The van der Waals surface area contributed by atoms with Crippen LogP contribution in [0.4, 0.5) is 5.69 Å². The van der Waals surface area contributed by atoms with Crippen LogP contribution < -0.4 is 9.64 Å². The lowest BCUT2D eigenvalue weighted by atomic mass is 10.0. The second-order valence-corrected chi connectivity index (χ2v) is 9.85. The zero-order valence-corrected chi connectivity index (χ0v) is 20.4. The lowest BCUT2D eigenvalue weighted by Crippen LogP contribution is -2.38. The summed E-state index contributed by atoms with van der Waals surface area (Å²) in [5.74, 6) is 0.214. The fourth-order valence-corrected chi connectivity index (χ4v) is 4.85. The van der Waals surface area contributed by atoms with Crippen molar-refractivity contribution in [1.82, 2.24) is 14.7 Å². The van der Waals surface area contributed by atoms with Crippen LogP contribution in [0.3, 0.4) is 0 Å². The Kier molecular flexibility index (Phi) is 6.68. The molecule has 0 N–H and O–H groups in total. The smallest absolute Gasteiger partial charge is 0.277 e. The minimum absolute atomic E-state index is 0.182. The highest BCUT2D eigenvalue weighted by atomic mass is 32.2. The van der Waals surface area contributed by atoms with E-state index in [2.05, 4.69) is 15.6 Å². The zero-order valence-electron chi connectivity index (χ0n) is 19.5. The molecule has 0 saturated carbocycles. The van der Waals surface area contributed by atoms with Crippen molar-refractivity contribution in [2.75, 3.05) is 38.5 Å². The van der Waals surface area contributed by atoms with Gasteiger partial charge in [0.25, 0.3) is 15.9 Å². The van der Waals surface area contributed by atoms with Crippen molar-refractivity contribution in [3.05, 3.63) is 71.0 Å². The first-order valence-electron chi connectivity index (χ1n) is 10.7. The van der Waals surface area contributed by atoms with Crippen LogP contribution in [-0.2, 0) is 16.4 Å². The Balaban J connectivity index is 1.62. The third-order valence-electron chi connectivity index (χ3n) is 5.43. The second kappa shape index (κ2) is 9.69. The number of aromatic nitrogens is 2. The molecule has 1 aliphatic heterocycles. The summed E-state index contributed by atoms with van der Waals surface area (Å²) in [4.78, 5) is 16.7. The topological polar surface area (TPSA) is 121 Å². The van der Waals surface area contributed by atoms with Crippen molar-refractivity contribution in [2.45, 2.75) is 6.42 Å². The third-order valence-corrected chi connectivity index (χ3v) is 6.70. The van der Waals surface area contributed by atoms with Gasteiger partial charge in [-0.1, -0.05) is 12.1 Å². The number of hydrogen-bond donors (Lipinski definition) is 0. The summed E-state index contributed by atoms with van der Waals surface area (Å²) in [6, 6.07) is 16.1. The standard InChI is InChI=1S/C24H24N6O4S/c1-28(2)16-35(32,33)26-15-17-4-6-18(7-5-17)29-13-12-21-22(14-25)27-30(23(21)24(29)31)19-8-10-20(34-3)11-9-19/h4-11,15H,12-13,16H2,1-3H3/b26-15+. The molecule has 35 heavy (non-hydrogen) atoms. The Bertz CT molecular complexity index is 1420. The number of amides is 1. The number of nitriles is 1. The normalized spacial score (nSPS) is 13.8. The van der Waals surface area contributed by atoms with Gasteiger partial charge in [0.1, 0.15) is 23.4 Å². The molecule has 11 heteroatoms. The maximum atomic E-state index is 13.5. The number of carbonyl (C=O) groups excluding carboxylic acids is 1. The summed E-state index contributed by atoms with van der Waals surface area (Å²) in [5, 5.41) is 13.9. The highest BCUT2D eigenvalue weighted by molar-refractivity contribution is 7.90. The van der Waals surface area contributed by atoms with Crippen molar-refractivity contribution in [2.24, 2.45) is 4.40 Å². The zero-order chi connectivity index (χ0) is 25.2. The van der Waals surface area contributed by atoms with E-state index in [0.29, 0.717) is 46.9 Å². The van der Waals surface area contributed by atoms with Gasteiger partial charge in [-0.2, -0.15) is 14.8 Å². The number of hydrogen-bond acceptors (Lipinski definition) is 7. The Hall–Kier alpha value is -4.01. The number of methoxy groups -OCH3 is 1. The molecule has 4 rings (SSSR count). The molecule has 180 valence electrons. The van der Waals surface area contributed by atoms with Crippen molar-refractivity contribution in [3.8, 4) is 17.5 Å². The Morgan fingerprint density at radius 3 is 2.40 bits per heavy atom. The van der Waals surface area contributed by atoms with Crippen molar-refractivity contribution >= 4 is 27.8 Å². The summed E-state index contributed by atoms with van der Waals surface area (Å²) in [7, 11) is 1.28. The number of rotatable bonds is 7. The average molecular weight is 493 g/mol. The minimum atomic E-state index is -3.60. The van der Waals surface area contributed by atoms with Crippen LogP contribution in [0, 0.1) is 11.3 Å². The summed E-state index contributed by atoms with van der Waals surface area (Å²) in [6.45, 7) is 0.388. The number of nitrogens with zero attached hydrogens (tertiary/aromatic N) is 6. The number of fused-ring (bicyclic) bond motifs is 1. The lowest BCUT2D eigenvalue weighted by Gasteiger charge is -2.27. The van der Waals surface area contributed by atoms with E-state index >= 15 is 0 Å². The quantitative estimate of drug-likeness (QED) is 0.464. The summed E-state index contributed by atoms with van der Waals surface area (Å²) in [5.41, 5.74) is 3.09. The van der Waals surface area contributed by atoms with E-state index in [1.54, 1.807) is 74.6 Å². The maximum absolute atomic E-state index is 13.5. The molecule has 0 radical (unpaired) electrons. The van der Waals surface area contributed by atoms with Crippen molar-refractivity contribution in [3.63, 3.8) is 0 Å². The molecule has 0 unspecified atom stereocenters. The molecule has 1 aliphatic rings. The molecular formula is C24H24N6O4S.